The number of fused-ring (bicyclic) bond motifs is 1. The number of benzene rings is 2. The molecule has 1 aliphatic heterocycles. The van der Waals surface area contributed by atoms with Crippen molar-refractivity contribution in [1.29, 1.82) is 0 Å². The summed E-state index contributed by atoms with van der Waals surface area (Å²) in [5.74, 6) is 0.480. The molecule has 38 heavy (non-hydrogen) atoms. The van der Waals surface area contributed by atoms with Crippen molar-refractivity contribution >= 4 is 38.9 Å². The zero-order chi connectivity index (χ0) is 26.7. The third-order valence-corrected chi connectivity index (χ3v) is 6.88. The Hall–Kier alpha value is -4.07. The highest BCUT2D eigenvalue weighted by molar-refractivity contribution is 7.89. The topological polar surface area (TPSA) is 163 Å². The Labute approximate surface area is 219 Å². The Balaban J connectivity index is 1.64. The number of anilines is 2. The minimum atomic E-state index is -3.90. The lowest BCUT2D eigenvalue weighted by atomic mass is 10.1. The van der Waals surface area contributed by atoms with Gasteiger partial charge in [0.15, 0.2) is 5.65 Å². The number of primary sulfonamides is 1. The van der Waals surface area contributed by atoms with Gasteiger partial charge in [0.05, 0.1) is 11.2 Å². The minimum Gasteiger partial charge on any atom is -0.410 e. The fourth-order valence-electron chi connectivity index (χ4n) is 4.23. The van der Waals surface area contributed by atoms with Gasteiger partial charge in [0.25, 0.3) is 0 Å². The molecule has 198 valence electrons. The van der Waals surface area contributed by atoms with E-state index in [0.717, 1.165) is 19.3 Å². The first-order valence-electron chi connectivity index (χ1n) is 12.1. The first-order valence-corrected chi connectivity index (χ1v) is 13.7. The molecule has 4 aromatic rings. The molecule has 2 aromatic carbocycles. The number of nitrogens with one attached hydrogen (secondary N) is 2. The molecule has 0 saturated carbocycles. The van der Waals surface area contributed by atoms with E-state index >= 15 is 0 Å². The summed E-state index contributed by atoms with van der Waals surface area (Å²) in [6, 6.07) is 13.0. The second-order valence-electron chi connectivity index (χ2n) is 8.65. The highest BCUT2D eigenvalue weighted by Crippen LogP contribution is 2.35. The number of imidazole rings is 1. The summed E-state index contributed by atoms with van der Waals surface area (Å²) in [5, 5.41) is 11.0. The monoisotopic (exact) mass is 537 g/mol. The summed E-state index contributed by atoms with van der Waals surface area (Å²) in [4.78, 5) is 26.2. The summed E-state index contributed by atoms with van der Waals surface area (Å²) >= 11 is 0. The van der Waals surface area contributed by atoms with Gasteiger partial charge < -0.3 is 20.1 Å². The van der Waals surface area contributed by atoms with Crippen molar-refractivity contribution in [2.24, 2.45) is 5.14 Å². The van der Waals surface area contributed by atoms with Gasteiger partial charge in [0.1, 0.15) is 23.2 Å². The van der Waals surface area contributed by atoms with Crippen LogP contribution >= 0.6 is 0 Å². The fourth-order valence-corrected chi connectivity index (χ4v) is 4.79. The van der Waals surface area contributed by atoms with Gasteiger partial charge in [-0.15, -0.1) is 0 Å². The molecule has 3 heterocycles. The molecule has 1 unspecified atom stereocenters. The van der Waals surface area contributed by atoms with Gasteiger partial charge in [0, 0.05) is 24.4 Å². The first-order chi connectivity index (χ1) is 18.3. The predicted molar refractivity (Wildman–Crippen MR) is 140 cm³/mol. The van der Waals surface area contributed by atoms with Gasteiger partial charge >= 0.3 is 6.09 Å². The molecule has 0 aliphatic carbocycles. The van der Waals surface area contributed by atoms with Crippen LogP contribution in [-0.2, 0) is 14.8 Å². The molecule has 0 bridgehead atoms. The smallest absolute Gasteiger partial charge is 0.410 e. The summed E-state index contributed by atoms with van der Waals surface area (Å²) in [7, 11) is -3.90. The number of carbonyl (C=O) groups excluding carboxylic acids is 1. The van der Waals surface area contributed by atoms with Crippen LogP contribution in [-0.4, -0.2) is 47.2 Å². The Bertz CT molecular complexity index is 1580. The maximum atomic E-state index is 12.2. The molecule has 13 heteroatoms. The van der Waals surface area contributed by atoms with E-state index in [4.69, 9.17) is 24.6 Å². The zero-order valence-corrected chi connectivity index (χ0v) is 21.4. The Morgan fingerprint density at radius 2 is 2.03 bits per heavy atom. The number of hydrogen-bond donors (Lipinski definition) is 3. The molecule has 0 radical (unpaired) electrons. The lowest BCUT2D eigenvalue weighted by Gasteiger charge is -2.24. The van der Waals surface area contributed by atoms with Gasteiger partial charge in [-0.25, -0.2) is 28.3 Å². The van der Waals surface area contributed by atoms with E-state index in [2.05, 4.69) is 15.6 Å². The number of nitrogens with zero attached hydrogens (tertiary/aromatic N) is 4. The third-order valence-electron chi connectivity index (χ3n) is 5.97. The van der Waals surface area contributed by atoms with E-state index in [1.165, 1.54) is 12.1 Å². The minimum absolute atomic E-state index is 0.0508. The second kappa shape index (κ2) is 10.7. The molecule has 1 fully saturated rings. The lowest BCUT2D eigenvalue weighted by molar-refractivity contribution is -0.0298. The van der Waals surface area contributed by atoms with E-state index < -0.39 is 16.1 Å². The molecule has 5 rings (SSSR count). The predicted octanol–water partition coefficient (Wildman–Crippen LogP) is 3.69. The second-order valence-corrected chi connectivity index (χ2v) is 10.2. The van der Waals surface area contributed by atoms with Crippen molar-refractivity contribution in [1.82, 2.24) is 24.8 Å². The summed E-state index contributed by atoms with van der Waals surface area (Å²) in [6.45, 7) is 2.84. The number of rotatable bonds is 7. The molecule has 4 N–H and O–H groups in total. The first kappa shape index (κ1) is 25.6. The van der Waals surface area contributed by atoms with Crippen LogP contribution in [0.5, 0.6) is 5.75 Å². The van der Waals surface area contributed by atoms with Crippen LogP contribution in [0.1, 0.15) is 32.4 Å². The van der Waals surface area contributed by atoms with Crippen LogP contribution < -0.4 is 20.5 Å². The van der Waals surface area contributed by atoms with Crippen LogP contribution in [0.15, 0.2) is 59.8 Å². The summed E-state index contributed by atoms with van der Waals surface area (Å²) in [5.41, 5.74) is 2.39. The molecule has 1 saturated heterocycles. The summed E-state index contributed by atoms with van der Waals surface area (Å²) in [6.07, 6.45) is 3.64. The maximum absolute atomic E-state index is 12.2. The molecule has 0 spiro atoms. The number of carbonyl (C=O) groups is 1. The van der Waals surface area contributed by atoms with Gasteiger partial charge in [-0.2, -0.15) is 4.98 Å². The molecular weight excluding hydrogens is 510 g/mol. The Morgan fingerprint density at radius 1 is 1.18 bits per heavy atom. The average Bonchev–Trinajstić information content (AvgIpc) is 3.33. The average molecular weight is 538 g/mol. The van der Waals surface area contributed by atoms with Crippen molar-refractivity contribution < 1.29 is 22.7 Å². The molecular formula is C25H27N7O5S. The van der Waals surface area contributed by atoms with Crippen molar-refractivity contribution in [3.05, 3.63) is 54.9 Å². The van der Waals surface area contributed by atoms with Crippen LogP contribution in [0.4, 0.5) is 16.4 Å². The van der Waals surface area contributed by atoms with Crippen LogP contribution in [0, 0.1) is 0 Å². The van der Waals surface area contributed by atoms with Crippen molar-refractivity contribution in [2.75, 3.05) is 18.5 Å². The highest BCUT2D eigenvalue weighted by Gasteiger charge is 2.24. The number of sulfonamides is 1. The largest absolute Gasteiger partial charge is 0.412 e. The normalized spacial score (nSPS) is 15.8. The van der Waals surface area contributed by atoms with Gasteiger partial charge in [0.2, 0.25) is 16.0 Å². The highest BCUT2D eigenvalue weighted by atomic mass is 32.2. The van der Waals surface area contributed by atoms with E-state index in [9.17, 15) is 13.2 Å². The van der Waals surface area contributed by atoms with Crippen molar-refractivity contribution in [3.63, 3.8) is 0 Å². The molecule has 1 atom stereocenters. The fraction of sp³-hybridized carbons (Fsp3) is 0.280. The van der Waals surface area contributed by atoms with E-state index in [1.54, 1.807) is 49.6 Å². The molecule has 12 nitrogen and oxygen atoms in total. The van der Waals surface area contributed by atoms with Crippen molar-refractivity contribution in [2.45, 2.75) is 37.3 Å². The van der Waals surface area contributed by atoms with Crippen LogP contribution in [0.25, 0.3) is 22.4 Å². The van der Waals surface area contributed by atoms with Gasteiger partial charge in [-0.05, 0) is 56.5 Å². The Morgan fingerprint density at radius 3 is 2.79 bits per heavy atom. The number of amides is 1. The van der Waals surface area contributed by atoms with E-state index in [0.29, 0.717) is 47.0 Å². The molecule has 2 aromatic heterocycles. The quantitative estimate of drug-likeness (QED) is 0.319. The number of hydrogen-bond acceptors (Lipinski definition) is 9. The third kappa shape index (κ3) is 5.44. The number of nitrogens with two attached hydrogens (primary N) is 1. The molecule has 1 aliphatic rings. The number of ether oxygens (including phenoxy) is 2. The molecule has 1 amide bonds. The van der Waals surface area contributed by atoms with E-state index in [-0.39, 0.29) is 17.1 Å². The zero-order valence-electron chi connectivity index (χ0n) is 20.6. The van der Waals surface area contributed by atoms with Gasteiger partial charge in [-0.1, -0.05) is 18.2 Å². The standard InChI is InChI=1S/C25H27N7O5S/c1-2-27-25(33)37-19-11-4-3-10-18(19)21-22-23(32(15-28-22)20-12-5-6-13-36-20)31-24(30-21)29-16-8-7-9-17(14-16)38(26,34)35/h3-4,7-11,14-15,20H,2,5-6,12-13H2,1H3,(H,27,33)(H2,26,34,35)(H,29,30,31). The number of para-hydroxylation sites is 1. The Kier molecular flexibility index (Phi) is 7.22. The van der Waals surface area contributed by atoms with Crippen LogP contribution in [0.2, 0.25) is 0 Å². The van der Waals surface area contributed by atoms with Crippen LogP contribution in [0.3, 0.4) is 0 Å². The van der Waals surface area contributed by atoms with Crippen molar-refractivity contribution in [3.8, 4) is 17.0 Å². The van der Waals surface area contributed by atoms with E-state index in [1.807, 2.05) is 4.57 Å². The number of aromatic nitrogens is 4. The SMILES string of the molecule is CCNC(=O)Oc1ccccc1-c1nc(Nc2cccc(S(N)(=O)=O)c2)nc2c1ncn2C1CCCCO1. The van der Waals surface area contributed by atoms with Gasteiger partial charge in [-0.3, -0.25) is 4.57 Å². The maximum Gasteiger partial charge on any atom is 0.412 e. The lowest BCUT2D eigenvalue weighted by Crippen LogP contribution is -2.26. The summed E-state index contributed by atoms with van der Waals surface area (Å²) < 4.78 is 37.1.